The summed E-state index contributed by atoms with van der Waals surface area (Å²) in [5.74, 6) is 1.15. The molecule has 3 aromatic rings. The van der Waals surface area contributed by atoms with Crippen LogP contribution in [0, 0.1) is 5.92 Å². The van der Waals surface area contributed by atoms with Gasteiger partial charge >= 0.3 is 6.09 Å². The molecular formula is C23H26N2O4. The Hall–Kier alpha value is -3.28. The molecule has 3 rings (SSSR count). The van der Waals surface area contributed by atoms with E-state index in [0.717, 1.165) is 10.5 Å². The van der Waals surface area contributed by atoms with Gasteiger partial charge in [-0.2, -0.15) is 0 Å². The highest BCUT2D eigenvalue weighted by Gasteiger charge is 2.24. The maximum absolute atomic E-state index is 13.4. The molecule has 6 heteroatoms. The van der Waals surface area contributed by atoms with E-state index >= 15 is 0 Å². The first-order valence-corrected chi connectivity index (χ1v) is 9.70. The summed E-state index contributed by atoms with van der Waals surface area (Å²) in [5, 5.41) is 10.9. The van der Waals surface area contributed by atoms with E-state index in [2.05, 4.69) is 0 Å². The summed E-state index contributed by atoms with van der Waals surface area (Å²) in [6, 6.07) is 15.0. The summed E-state index contributed by atoms with van der Waals surface area (Å²) in [5.41, 5.74) is 1.34. The van der Waals surface area contributed by atoms with Gasteiger partial charge in [-0.3, -0.25) is 14.3 Å². The maximum atomic E-state index is 13.4. The Morgan fingerprint density at radius 1 is 1.14 bits per heavy atom. The topological polar surface area (TPSA) is 71.8 Å². The van der Waals surface area contributed by atoms with Crippen molar-refractivity contribution in [3.63, 3.8) is 0 Å². The first-order valence-electron chi connectivity index (χ1n) is 9.70. The van der Waals surface area contributed by atoms with Crippen molar-refractivity contribution in [3.05, 3.63) is 58.9 Å². The molecule has 29 heavy (non-hydrogen) atoms. The molecule has 0 spiro atoms. The predicted molar refractivity (Wildman–Crippen MR) is 116 cm³/mol. The highest BCUT2D eigenvalue weighted by molar-refractivity contribution is 6.04. The number of nitrogens with zero attached hydrogens (tertiary/aromatic N) is 2. The molecule has 6 nitrogen and oxygen atoms in total. The fourth-order valence-corrected chi connectivity index (χ4v) is 3.54. The Bertz CT molecular complexity index is 1090. The van der Waals surface area contributed by atoms with Crippen LogP contribution in [-0.2, 0) is 6.54 Å². The minimum atomic E-state index is -1.12. The van der Waals surface area contributed by atoms with Gasteiger partial charge in [-0.25, -0.2) is 4.79 Å². The monoisotopic (exact) mass is 394 g/mol. The van der Waals surface area contributed by atoms with E-state index in [1.165, 1.54) is 7.05 Å². The standard InChI is InChI=1S/C23H26N2O4/c1-5-29-17-11-12-18-19(13-17)22(26)25(14-15(2)3)21(24(4)23(27)28)20(18)16-9-7-6-8-10-16/h6-13,15H,5,14H2,1-4H3,(H,27,28). The molecule has 0 atom stereocenters. The second kappa shape index (κ2) is 8.39. The Balaban J connectivity index is 2.50. The predicted octanol–water partition coefficient (Wildman–Crippen LogP) is 4.84. The van der Waals surface area contributed by atoms with Gasteiger partial charge in [0.05, 0.1) is 12.0 Å². The fourth-order valence-electron chi connectivity index (χ4n) is 3.54. The van der Waals surface area contributed by atoms with Crippen molar-refractivity contribution in [2.75, 3.05) is 18.6 Å². The number of fused-ring (bicyclic) bond motifs is 1. The summed E-state index contributed by atoms with van der Waals surface area (Å²) in [7, 11) is 1.47. The van der Waals surface area contributed by atoms with Crippen molar-refractivity contribution in [2.45, 2.75) is 27.3 Å². The molecule has 0 fully saturated rings. The van der Waals surface area contributed by atoms with Gasteiger partial charge in [0.2, 0.25) is 0 Å². The lowest BCUT2D eigenvalue weighted by atomic mass is 9.98. The molecule has 0 radical (unpaired) electrons. The van der Waals surface area contributed by atoms with Crippen LogP contribution in [0.5, 0.6) is 5.75 Å². The zero-order valence-electron chi connectivity index (χ0n) is 17.2. The van der Waals surface area contributed by atoms with Crippen molar-refractivity contribution in [3.8, 4) is 16.9 Å². The van der Waals surface area contributed by atoms with Crippen LogP contribution in [0.1, 0.15) is 20.8 Å². The maximum Gasteiger partial charge on any atom is 0.412 e. The number of carboxylic acid groups (broad SMARTS) is 1. The summed E-state index contributed by atoms with van der Waals surface area (Å²) < 4.78 is 7.17. The summed E-state index contributed by atoms with van der Waals surface area (Å²) in [6.45, 7) is 6.79. The van der Waals surface area contributed by atoms with Crippen LogP contribution in [0.25, 0.3) is 21.9 Å². The van der Waals surface area contributed by atoms with Gasteiger partial charge in [-0.1, -0.05) is 44.2 Å². The van der Waals surface area contributed by atoms with E-state index in [9.17, 15) is 14.7 Å². The molecule has 1 amide bonds. The number of hydrogen-bond acceptors (Lipinski definition) is 3. The van der Waals surface area contributed by atoms with Gasteiger partial charge in [0.1, 0.15) is 11.6 Å². The highest BCUT2D eigenvalue weighted by Crippen LogP contribution is 2.37. The Labute approximate surface area is 170 Å². The van der Waals surface area contributed by atoms with Crippen molar-refractivity contribution < 1.29 is 14.6 Å². The molecule has 2 aromatic carbocycles. The number of benzene rings is 2. The average molecular weight is 394 g/mol. The summed E-state index contributed by atoms with van der Waals surface area (Å²) >= 11 is 0. The molecule has 152 valence electrons. The zero-order valence-corrected chi connectivity index (χ0v) is 17.2. The second-order valence-corrected chi connectivity index (χ2v) is 7.36. The summed E-state index contributed by atoms with van der Waals surface area (Å²) in [4.78, 5) is 26.5. The van der Waals surface area contributed by atoms with Gasteiger partial charge in [-0.05, 0) is 42.0 Å². The van der Waals surface area contributed by atoms with E-state index in [-0.39, 0.29) is 11.5 Å². The molecule has 0 bridgehead atoms. The molecule has 1 N–H and O–H groups in total. The number of ether oxygens (including phenoxy) is 1. The molecule has 0 unspecified atom stereocenters. The molecule has 1 aromatic heterocycles. The third kappa shape index (κ3) is 3.97. The number of anilines is 1. The van der Waals surface area contributed by atoms with Crippen molar-refractivity contribution in [1.82, 2.24) is 4.57 Å². The van der Waals surface area contributed by atoms with Gasteiger partial charge in [0.25, 0.3) is 5.56 Å². The lowest BCUT2D eigenvalue weighted by Crippen LogP contribution is -2.34. The minimum absolute atomic E-state index is 0.157. The van der Waals surface area contributed by atoms with Crippen LogP contribution >= 0.6 is 0 Å². The van der Waals surface area contributed by atoms with Gasteiger partial charge in [0.15, 0.2) is 0 Å². The van der Waals surface area contributed by atoms with Crippen LogP contribution in [0.2, 0.25) is 0 Å². The Morgan fingerprint density at radius 3 is 2.41 bits per heavy atom. The Morgan fingerprint density at radius 2 is 1.83 bits per heavy atom. The average Bonchev–Trinajstić information content (AvgIpc) is 2.70. The fraction of sp³-hybridized carbons (Fsp3) is 0.304. The van der Waals surface area contributed by atoms with Crippen LogP contribution in [0.15, 0.2) is 53.3 Å². The van der Waals surface area contributed by atoms with Gasteiger partial charge in [0, 0.05) is 19.2 Å². The molecule has 0 aliphatic rings. The van der Waals surface area contributed by atoms with Crippen molar-refractivity contribution >= 4 is 22.7 Å². The Kier molecular flexibility index (Phi) is 5.92. The lowest BCUT2D eigenvalue weighted by molar-refractivity contribution is 0.203. The molecule has 0 aliphatic carbocycles. The normalized spacial score (nSPS) is 11.1. The number of pyridine rings is 1. The van der Waals surface area contributed by atoms with E-state index in [4.69, 9.17) is 4.74 Å². The first-order chi connectivity index (χ1) is 13.8. The first kappa shape index (κ1) is 20.5. The molecule has 0 saturated heterocycles. The van der Waals surface area contributed by atoms with Crippen LogP contribution in [0.3, 0.4) is 0 Å². The molecular weight excluding hydrogens is 368 g/mol. The molecule has 0 saturated carbocycles. The van der Waals surface area contributed by atoms with Gasteiger partial charge < -0.3 is 9.84 Å². The number of carbonyl (C=O) groups is 1. The molecule has 1 heterocycles. The van der Waals surface area contributed by atoms with Crippen LogP contribution in [-0.4, -0.2) is 29.4 Å². The van der Waals surface area contributed by atoms with E-state index in [1.54, 1.807) is 10.6 Å². The third-order valence-electron chi connectivity index (χ3n) is 4.74. The number of rotatable bonds is 6. The minimum Gasteiger partial charge on any atom is -0.494 e. The van der Waals surface area contributed by atoms with Crippen LogP contribution in [0.4, 0.5) is 10.6 Å². The number of hydrogen-bond donors (Lipinski definition) is 1. The largest absolute Gasteiger partial charge is 0.494 e. The lowest BCUT2D eigenvalue weighted by Gasteiger charge is -2.26. The van der Waals surface area contributed by atoms with Crippen molar-refractivity contribution in [1.29, 1.82) is 0 Å². The zero-order chi connectivity index (χ0) is 21.1. The summed E-state index contributed by atoms with van der Waals surface area (Å²) in [6.07, 6.45) is -1.12. The number of aromatic nitrogens is 1. The SMILES string of the molecule is CCOc1ccc2c(-c3ccccc3)c(N(C)C(=O)O)n(CC(C)C)c(=O)c2c1. The van der Waals surface area contributed by atoms with E-state index in [1.807, 2.05) is 63.2 Å². The highest BCUT2D eigenvalue weighted by atomic mass is 16.5. The van der Waals surface area contributed by atoms with Gasteiger partial charge in [-0.15, -0.1) is 0 Å². The van der Waals surface area contributed by atoms with E-state index in [0.29, 0.717) is 41.1 Å². The third-order valence-corrected chi connectivity index (χ3v) is 4.74. The molecule has 0 aliphatic heterocycles. The second-order valence-electron chi connectivity index (χ2n) is 7.36. The smallest absolute Gasteiger partial charge is 0.412 e. The van der Waals surface area contributed by atoms with E-state index < -0.39 is 6.09 Å². The van der Waals surface area contributed by atoms with Crippen LogP contribution < -0.4 is 15.2 Å². The van der Waals surface area contributed by atoms with Crippen molar-refractivity contribution in [2.24, 2.45) is 5.92 Å². The quantitative estimate of drug-likeness (QED) is 0.649. The number of amides is 1.